The van der Waals surface area contributed by atoms with Gasteiger partial charge in [-0.05, 0) is 20.8 Å². The summed E-state index contributed by atoms with van der Waals surface area (Å²) in [6, 6.07) is 0. The SMILES string of the molecule is CC(C)(C)O[C@@H]1CC(=O)C1(C)C. The molecule has 0 heterocycles. The molecule has 0 unspecified atom stereocenters. The number of ketones is 1. The summed E-state index contributed by atoms with van der Waals surface area (Å²) in [6.07, 6.45) is 0.703. The Morgan fingerprint density at radius 3 is 2.17 bits per heavy atom. The molecular weight excluding hydrogens is 152 g/mol. The van der Waals surface area contributed by atoms with Gasteiger partial charge in [-0.15, -0.1) is 0 Å². The van der Waals surface area contributed by atoms with E-state index in [1.807, 2.05) is 34.6 Å². The molecule has 0 amide bonds. The molecule has 0 saturated heterocycles. The maximum absolute atomic E-state index is 11.2. The van der Waals surface area contributed by atoms with Crippen molar-refractivity contribution < 1.29 is 9.53 Å². The summed E-state index contributed by atoms with van der Waals surface area (Å²) >= 11 is 0. The van der Waals surface area contributed by atoms with Gasteiger partial charge in [-0.2, -0.15) is 0 Å². The van der Waals surface area contributed by atoms with Crippen molar-refractivity contribution in [2.75, 3.05) is 0 Å². The Balaban J connectivity index is 2.54. The van der Waals surface area contributed by atoms with Crippen LogP contribution in [-0.2, 0) is 9.53 Å². The maximum atomic E-state index is 11.2. The molecule has 1 rings (SSSR count). The third-order valence-corrected chi connectivity index (χ3v) is 2.39. The molecule has 0 bridgehead atoms. The van der Waals surface area contributed by atoms with Gasteiger partial charge < -0.3 is 4.74 Å². The molecule has 1 aliphatic carbocycles. The molecule has 12 heavy (non-hydrogen) atoms. The van der Waals surface area contributed by atoms with E-state index in [1.165, 1.54) is 0 Å². The Kier molecular flexibility index (Phi) is 2.07. The quantitative estimate of drug-likeness (QED) is 0.603. The van der Waals surface area contributed by atoms with E-state index in [4.69, 9.17) is 4.74 Å². The number of rotatable bonds is 1. The smallest absolute Gasteiger partial charge is 0.143 e. The fourth-order valence-corrected chi connectivity index (χ4v) is 1.35. The number of ether oxygens (including phenoxy) is 1. The van der Waals surface area contributed by atoms with Crippen molar-refractivity contribution >= 4 is 5.78 Å². The summed E-state index contributed by atoms with van der Waals surface area (Å²) in [4.78, 5) is 11.2. The molecule has 1 aliphatic rings. The van der Waals surface area contributed by atoms with Crippen molar-refractivity contribution in [3.63, 3.8) is 0 Å². The van der Waals surface area contributed by atoms with E-state index in [9.17, 15) is 4.79 Å². The van der Waals surface area contributed by atoms with Crippen molar-refractivity contribution in [3.8, 4) is 0 Å². The molecule has 2 heteroatoms. The predicted molar refractivity (Wildman–Crippen MR) is 48.0 cm³/mol. The van der Waals surface area contributed by atoms with Crippen LogP contribution in [0.2, 0.25) is 0 Å². The van der Waals surface area contributed by atoms with E-state index in [0.717, 1.165) is 0 Å². The van der Waals surface area contributed by atoms with Crippen LogP contribution in [0.5, 0.6) is 0 Å². The first kappa shape index (κ1) is 9.72. The molecular formula is C10H18O2. The Hall–Kier alpha value is -0.370. The van der Waals surface area contributed by atoms with Crippen molar-refractivity contribution in [2.45, 2.75) is 52.7 Å². The third kappa shape index (κ3) is 1.69. The zero-order valence-corrected chi connectivity index (χ0v) is 8.60. The second-order valence-electron chi connectivity index (χ2n) is 5.07. The van der Waals surface area contributed by atoms with E-state index in [2.05, 4.69) is 0 Å². The lowest BCUT2D eigenvalue weighted by Crippen LogP contribution is -2.53. The minimum atomic E-state index is -0.257. The van der Waals surface area contributed by atoms with Crippen LogP contribution in [0.1, 0.15) is 41.0 Å². The Morgan fingerprint density at radius 2 is 1.92 bits per heavy atom. The second kappa shape index (κ2) is 2.56. The summed E-state index contributed by atoms with van der Waals surface area (Å²) in [5, 5.41) is 0. The monoisotopic (exact) mass is 170 g/mol. The molecule has 0 aromatic heterocycles. The topological polar surface area (TPSA) is 26.3 Å². The molecule has 0 aliphatic heterocycles. The zero-order valence-electron chi connectivity index (χ0n) is 8.60. The Labute approximate surface area is 74.3 Å². The molecule has 1 saturated carbocycles. The van der Waals surface area contributed by atoms with Crippen LogP contribution in [-0.4, -0.2) is 17.5 Å². The van der Waals surface area contributed by atoms with E-state index in [0.29, 0.717) is 12.2 Å². The van der Waals surface area contributed by atoms with Crippen molar-refractivity contribution in [1.82, 2.24) is 0 Å². The Morgan fingerprint density at radius 1 is 1.42 bits per heavy atom. The summed E-state index contributed by atoms with van der Waals surface area (Å²) < 4.78 is 5.74. The van der Waals surface area contributed by atoms with Crippen LogP contribution < -0.4 is 0 Å². The van der Waals surface area contributed by atoms with Crippen LogP contribution in [0.3, 0.4) is 0 Å². The summed E-state index contributed by atoms with van der Waals surface area (Å²) in [7, 11) is 0. The van der Waals surface area contributed by atoms with Crippen LogP contribution >= 0.6 is 0 Å². The van der Waals surface area contributed by atoms with Gasteiger partial charge >= 0.3 is 0 Å². The van der Waals surface area contributed by atoms with E-state index < -0.39 is 0 Å². The number of carbonyl (C=O) groups excluding carboxylic acids is 1. The number of hydrogen-bond acceptors (Lipinski definition) is 2. The first-order valence-corrected chi connectivity index (χ1v) is 4.44. The lowest BCUT2D eigenvalue weighted by atomic mass is 9.67. The van der Waals surface area contributed by atoms with Crippen LogP contribution in [0.25, 0.3) is 0 Å². The minimum absolute atomic E-state index is 0.116. The third-order valence-electron chi connectivity index (χ3n) is 2.39. The van der Waals surface area contributed by atoms with Gasteiger partial charge in [0.1, 0.15) is 5.78 Å². The van der Waals surface area contributed by atoms with Crippen molar-refractivity contribution in [1.29, 1.82) is 0 Å². The lowest BCUT2D eigenvalue weighted by Gasteiger charge is -2.45. The lowest BCUT2D eigenvalue weighted by molar-refractivity contribution is -0.175. The number of hydrogen-bond donors (Lipinski definition) is 0. The van der Waals surface area contributed by atoms with Crippen LogP contribution in [0, 0.1) is 5.41 Å². The zero-order chi connectivity index (χ0) is 9.57. The average Bonchev–Trinajstić information content (AvgIpc) is 1.84. The molecule has 70 valence electrons. The van der Waals surface area contributed by atoms with Crippen LogP contribution in [0.15, 0.2) is 0 Å². The maximum Gasteiger partial charge on any atom is 0.143 e. The average molecular weight is 170 g/mol. The summed E-state index contributed by atoms with van der Waals surface area (Å²) in [5.74, 6) is 0.316. The number of carbonyl (C=O) groups is 1. The molecule has 0 aromatic rings. The normalized spacial score (nSPS) is 28.4. The van der Waals surface area contributed by atoms with Gasteiger partial charge in [0.2, 0.25) is 0 Å². The molecule has 0 radical (unpaired) electrons. The second-order valence-corrected chi connectivity index (χ2v) is 5.07. The highest BCUT2D eigenvalue weighted by Crippen LogP contribution is 2.40. The van der Waals surface area contributed by atoms with Crippen molar-refractivity contribution in [3.05, 3.63) is 0 Å². The highest BCUT2D eigenvalue weighted by atomic mass is 16.5. The highest BCUT2D eigenvalue weighted by molar-refractivity contribution is 5.91. The molecule has 0 spiro atoms. The summed E-state index contributed by atoms with van der Waals surface area (Å²) in [5.41, 5.74) is -0.393. The molecule has 0 aromatic carbocycles. The van der Waals surface area contributed by atoms with Crippen molar-refractivity contribution in [2.24, 2.45) is 5.41 Å². The molecule has 2 nitrogen and oxygen atoms in total. The molecule has 0 N–H and O–H groups in total. The van der Waals surface area contributed by atoms with Gasteiger partial charge in [0.05, 0.1) is 17.1 Å². The molecule has 1 atom stereocenters. The van der Waals surface area contributed by atoms with E-state index >= 15 is 0 Å². The van der Waals surface area contributed by atoms with Crippen LogP contribution in [0.4, 0.5) is 0 Å². The van der Waals surface area contributed by atoms with Gasteiger partial charge in [0, 0.05) is 6.42 Å². The molecule has 1 fully saturated rings. The van der Waals surface area contributed by atoms with Gasteiger partial charge in [-0.3, -0.25) is 4.79 Å². The minimum Gasteiger partial charge on any atom is -0.371 e. The first-order chi connectivity index (χ1) is 5.23. The van der Waals surface area contributed by atoms with Gasteiger partial charge in [0.15, 0.2) is 0 Å². The predicted octanol–water partition coefficient (Wildman–Crippen LogP) is 2.17. The summed E-state index contributed by atoms with van der Waals surface area (Å²) in [6.45, 7) is 9.97. The van der Waals surface area contributed by atoms with Gasteiger partial charge in [-0.1, -0.05) is 13.8 Å². The largest absolute Gasteiger partial charge is 0.371 e. The standard InChI is InChI=1S/C10H18O2/c1-9(2,3)12-8-6-7(11)10(8,4)5/h8H,6H2,1-5H3/t8-/m1/s1. The first-order valence-electron chi connectivity index (χ1n) is 4.44. The Bertz CT molecular complexity index is 198. The van der Waals surface area contributed by atoms with Gasteiger partial charge in [-0.25, -0.2) is 0 Å². The number of Topliss-reactive ketones (excluding diaryl/α,β-unsaturated/α-hetero) is 1. The highest BCUT2D eigenvalue weighted by Gasteiger charge is 2.49. The van der Waals surface area contributed by atoms with Gasteiger partial charge in [0.25, 0.3) is 0 Å². The fraction of sp³-hybridized carbons (Fsp3) is 0.900. The van der Waals surface area contributed by atoms with E-state index in [-0.39, 0.29) is 17.1 Å². The fourth-order valence-electron chi connectivity index (χ4n) is 1.35. The van der Waals surface area contributed by atoms with E-state index in [1.54, 1.807) is 0 Å².